The maximum atomic E-state index is 3.39. The summed E-state index contributed by atoms with van der Waals surface area (Å²) in [6.45, 7) is 7.90. The molecule has 1 aromatic rings. The number of nitrogens with zero attached hydrogens (tertiary/aromatic N) is 2. The summed E-state index contributed by atoms with van der Waals surface area (Å²) >= 11 is 0. The number of unbranched alkanes of at least 4 members (excludes halogenated alkanes) is 2. The summed E-state index contributed by atoms with van der Waals surface area (Å²) in [6, 6.07) is 8.77. The zero-order chi connectivity index (χ0) is 13.5. The van der Waals surface area contributed by atoms with Crippen LogP contribution >= 0.6 is 0 Å². The molecule has 106 valence electrons. The second-order valence-corrected chi connectivity index (χ2v) is 5.31. The average Bonchev–Trinajstić information content (AvgIpc) is 2.45. The number of nitrogens with one attached hydrogen (secondary N) is 1. The largest absolute Gasteiger partial charge is 0.371 e. The summed E-state index contributed by atoms with van der Waals surface area (Å²) in [7, 11) is 2.19. The highest BCUT2D eigenvalue weighted by Gasteiger charge is 2.18. The third-order valence-corrected chi connectivity index (χ3v) is 3.87. The molecule has 0 atom stereocenters. The SMILES string of the molecule is CCNCCCCCN1CCN(C)c2ccccc21. The van der Waals surface area contributed by atoms with Crippen molar-refractivity contribution in [3.63, 3.8) is 0 Å². The highest BCUT2D eigenvalue weighted by Crippen LogP contribution is 2.31. The molecule has 0 saturated carbocycles. The van der Waals surface area contributed by atoms with E-state index in [-0.39, 0.29) is 0 Å². The highest BCUT2D eigenvalue weighted by molar-refractivity contribution is 5.72. The van der Waals surface area contributed by atoms with Gasteiger partial charge in [-0.3, -0.25) is 0 Å². The van der Waals surface area contributed by atoms with Gasteiger partial charge in [-0.15, -0.1) is 0 Å². The predicted molar refractivity (Wildman–Crippen MR) is 84.3 cm³/mol. The highest BCUT2D eigenvalue weighted by atomic mass is 15.2. The Morgan fingerprint density at radius 3 is 2.63 bits per heavy atom. The van der Waals surface area contributed by atoms with Crippen molar-refractivity contribution in [1.82, 2.24) is 5.32 Å². The minimum atomic E-state index is 1.09. The van der Waals surface area contributed by atoms with Gasteiger partial charge in [0.25, 0.3) is 0 Å². The van der Waals surface area contributed by atoms with Crippen molar-refractivity contribution in [2.75, 3.05) is 49.6 Å². The van der Waals surface area contributed by atoms with Gasteiger partial charge in [-0.1, -0.05) is 25.5 Å². The Hall–Kier alpha value is -1.22. The number of rotatable bonds is 7. The van der Waals surface area contributed by atoms with Crippen LogP contribution in [0.15, 0.2) is 24.3 Å². The first-order chi connectivity index (χ1) is 9.33. The van der Waals surface area contributed by atoms with E-state index < -0.39 is 0 Å². The van der Waals surface area contributed by atoms with Crippen molar-refractivity contribution >= 4 is 11.4 Å². The first-order valence-corrected chi connectivity index (χ1v) is 7.58. The fraction of sp³-hybridized carbons (Fsp3) is 0.625. The quantitative estimate of drug-likeness (QED) is 0.761. The molecule has 3 heteroatoms. The van der Waals surface area contributed by atoms with E-state index >= 15 is 0 Å². The van der Waals surface area contributed by atoms with Crippen LogP contribution in [0.2, 0.25) is 0 Å². The lowest BCUT2D eigenvalue weighted by molar-refractivity contribution is 0.602. The maximum Gasteiger partial charge on any atom is 0.0604 e. The number of hydrogen-bond acceptors (Lipinski definition) is 3. The molecule has 0 unspecified atom stereocenters. The van der Waals surface area contributed by atoms with Gasteiger partial charge in [0.1, 0.15) is 0 Å². The minimum Gasteiger partial charge on any atom is -0.371 e. The van der Waals surface area contributed by atoms with Gasteiger partial charge in [0.05, 0.1) is 11.4 Å². The molecule has 0 spiro atoms. The number of para-hydroxylation sites is 2. The molecule has 0 radical (unpaired) electrons. The van der Waals surface area contributed by atoms with Crippen molar-refractivity contribution < 1.29 is 0 Å². The number of benzene rings is 1. The number of anilines is 2. The third kappa shape index (κ3) is 3.87. The van der Waals surface area contributed by atoms with Gasteiger partial charge in [-0.2, -0.15) is 0 Å². The van der Waals surface area contributed by atoms with E-state index in [1.54, 1.807) is 0 Å². The molecular formula is C16H27N3. The van der Waals surface area contributed by atoms with Gasteiger partial charge in [0.2, 0.25) is 0 Å². The van der Waals surface area contributed by atoms with Crippen LogP contribution < -0.4 is 15.1 Å². The first-order valence-electron chi connectivity index (χ1n) is 7.58. The number of likely N-dealkylation sites (N-methyl/N-ethyl adjacent to an activating group) is 1. The molecule has 0 fully saturated rings. The van der Waals surface area contributed by atoms with E-state index in [0.717, 1.165) is 26.2 Å². The molecule has 1 aromatic carbocycles. The Morgan fingerprint density at radius 2 is 1.84 bits per heavy atom. The van der Waals surface area contributed by atoms with Crippen molar-refractivity contribution in [3.05, 3.63) is 24.3 Å². The maximum absolute atomic E-state index is 3.39. The topological polar surface area (TPSA) is 18.5 Å². The smallest absolute Gasteiger partial charge is 0.0604 e. The minimum absolute atomic E-state index is 1.09. The summed E-state index contributed by atoms with van der Waals surface area (Å²) < 4.78 is 0. The van der Waals surface area contributed by atoms with Gasteiger partial charge in [0, 0.05) is 26.7 Å². The van der Waals surface area contributed by atoms with Crippen LogP contribution in [-0.4, -0.2) is 39.8 Å². The van der Waals surface area contributed by atoms with Crippen LogP contribution in [-0.2, 0) is 0 Å². The molecule has 1 aliphatic heterocycles. The lowest BCUT2D eigenvalue weighted by atomic mass is 10.1. The van der Waals surface area contributed by atoms with E-state index in [1.807, 2.05) is 0 Å². The van der Waals surface area contributed by atoms with Crippen LogP contribution in [0.5, 0.6) is 0 Å². The van der Waals surface area contributed by atoms with Crippen LogP contribution in [0.1, 0.15) is 26.2 Å². The van der Waals surface area contributed by atoms with Crippen LogP contribution in [0.25, 0.3) is 0 Å². The Bertz CT molecular complexity index is 378. The first kappa shape index (κ1) is 14.2. The molecule has 0 saturated heterocycles. The summed E-state index contributed by atoms with van der Waals surface area (Å²) in [5, 5.41) is 3.39. The Kier molecular flexibility index (Phi) is 5.52. The van der Waals surface area contributed by atoms with E-state index in [1.165, 1.54) is 37.2 Å². The van der Waals surface area contributed by atoms with Crippen molar-refractivity contribution in [2.45, 2.75) is 26.2 Å². The fourth-order valence-corrected chi connectivity index (χ4v) is 2.70. The molecule has 0 bridgehead atoms. The van der Waals surface area contributed by atoms with Crippen LogP contribution in [0, 0.1) is 0 Å². The zero-order valence-electron chi connectivity index (χ0n) is 12.4. The Balaban J connectivity index is 1.80. The van der Waals surface area contributed by atoms with Crippen molar-refractivity contribution in [2.24, 2.45) is 0 Å². The standard InChI is InChI=1S/C16H27N3/c1-3-17-11-7-4-8-12-19-14-13-18(2)15-9-5-6-10-16(15)19/h5-6,9-10,17H,3-4,7-8,11-14H2,1-2H3. The van der Waals surface area contributed by atoms with Crippen molar-refractivity contribution in [3.8, 4) is 0 Å². The molecular weight excluding hydrogens is 234 g/mol. The second kappa shape index (κ2) is 7.39. The molecule has 2 rings (SSSR count). The molecule has 3 nitrogen and oxygen atoms in total. The third-order valence-electron chi connectivity index (χ3n) is 3.87. The molecule has 1 N–H and O–H groups in total. The van der Waals surface area contributed by atoms with Crippen molar-refractivity contribution in [1.29, 1.82) is 0 Å². The Labute approximate surface area is 117 Å². The summed E-state index contributed by atoms with van der Waals surface area (Å²) in [6.07, 6.45) is 3.91. The van der Waals surface area contributed by atoms with E-state index in [0.29, 0.717) is 0 Å². The number of fused-ring (bicyclic) bond motifs is 1. The fourth-order valence-electron chi connectivity index (χ4n) is 2.70. The van der Waals surface area contributed by atoms with E-state index in [2.05, 4.69) is 53.4 Å². The Morgan fingerprint density at radius 1 is 1.05 bits per heavy atom. The molecule has 1 heterocycles. The predicted octanol–water partition coefficient (Wildman–Crippen LogP) is 2.72. The van der Waals surface area contributed by atoms with Gasteiger partial charge < -0.3 is 15.1 Å². The molecule has 0 amide bonds. The van der Waals surface area contributed by atoms with Gasteiger partial charge in [-0.05, 0) is 38.1 Å². The average molecular weight is 261 g/mol. The lowest BCUT2D eigenvalue weighted by Gasteiger charge is -2.37. The summed E-state index contributed by atoms with van der Waals surface area (Å²) in [5.41, 5.74) is 2.78. The summed E-state index contributed by atoms with van der Waals surface area (Å²) in [4.78, 5) is 4.90. The molecule has 0 aliphatic carbocycles. The normalized spacial score (nSPS) is 14.6. The molecule has 1 aliphatic rings. The lowest BCUT2D eigenvalue weighted by Crippen LogP contribution is -2.39. The zero-order valence-corrected chi connectivity index (χ0v) is 12.4. The monoisotopic (exact) mass is 261 g/mol. The molecule has 19 heavy (non-hydrogen) atoms. The van der Waals surface area contributed by atoms with Crippen LogP contribution in [0.3, 0.4) is 0 Å². The van der Waals surface area contributed by atoms with Gasteiger partial charge >= 0.3 is 0 Å². The van der Waals surface area contributed by atoms with Gasteiger partial charge in [0.15, 0.2) is 0 Å². The molecule has 0 aromatic heterocycles. The van der Waals surface area contributed by atoms with E-state index in [9.17, 15) is 0 Å². The summed E-state index contributed by atoms with van der Waals surface area (Å²) in [5.74, 6) is 0. The van der Waals surface area contributed by atoms with Crippen LogP contribution in [0.4, 0.5) is 11.4 Å². The van der Waals surface area contributed by atoms with Gasteiger partial charge in [-0.25, -0.2) is 0 Å². The number of hydrogen-bond donors (Lipinski definition) is 1. The second-order valence-electron chi connectivity index (χ2n) is 5.31. The van der Waals surface area contributed by atoms with E-state index in [4.69, 9.17) is 0 Å².